The number of carbonyl (C=O) groups excluding carboxylic acids is 2. The van der Waals surface area contributed by atoms with Gasteiger partial charge in [0.15, 0.2) is 6.61 Å². The van der Waals surface area contributed by atoms with Crippen LogP contribution >= 0.6 is 23.2 Å². The quantitative estimate of drug-likeness (QED) is 0.872. The summed E-state index contributed by atoms with van der Waals surface area (Å²) >= 11 is 12.0. The number of amides is 2. The van der Waals surface area contributed by atoms with Crippen molar-refractivity contribution in [3.05, 3.63) is 52.5 Å². The fraction of sp³-hybridized carbons (Fsp3) is 0.222. The molecule has 25 heavy (non-hydrogen) atoms. The van der Waals surface area contributed by atoms with E-state index in [0.29, 0.717) is 22.1 Å². The molecule has 0 aromatic heterocycles. The van der Waals surface area contributed by atoms with Crippen molar-refractivity contribution < 1.29 is 14.3 Å². The molecule has 0 aliphatic carbocycles. The fourth-order valence-electron chi connectivity index (χ4n) is 2.70. The van der Waals surface area contributed by atoms with Crippen molar-refractivity contribution in [2.45, 2.75) is 19.4 Å². The Hall–Kier alpha value is -2.24. The molecule has 0 bridgehead atoms. The molecular weight excluding hydrogens is 363 g/mol. The van der Waals surface area contributed by atoms with Crippen molar-refractivity contribution >= 4 is 46.4 Å². The number of hydrogen-bond donors (Lipinski definition) is 1. The van der Waals surface area contributed by atoms with Crippen LogP contribution < -0.4 is 15.0 Å². The summed E-state index contributed by atoms with van der Waals surface area (Å²) in [7, 11) is 0. The highest BCUT2D eigenvalue weighted by atomic mass is 35.5. The summed E-state index contributed by atoms with van der Waals surface area (Å²) in [5.74, 6) is -0.307. The topological polar surface area (TPSA) is 58.6 Å². The van der Waals surface area contributed by atoms with Crippen LogP contribution in [-0.2, 0) is 9.59 Å². The maximum absolute atomic E-state index is 12.8. The van der Waals surface area contributed by atoms with E-state index in [4.69, 9.17) is 27.9 Å². The third-order valence-electron chi connectivity index (χ3n) is 4.02. The fourth-order valence-corrected chi connectivity index (χ4v) is 3.04. The van der Waals surface area contributed by atoms with Crippen molar-refractivity contribution in [1.82, 2.24) is 0 Å². The maximum Gasteiger partial charge on any atom is 0.265 e. The average Bonchev–Trinajstić information content (AvgIpc) is 2.57. The van der Waals surface area contributed by atoms with E-state index in [1.165, 1.54) is 4.90 Å². The number of para-hydroxylation sites is 2. The molecule has 2 amide bonds. The molecule has 3 rings (SSSR count). The van der Waals surface area contributed by atoms with E-state index in [2.05, 4.69) is 5.32 Å². The molecule has 1 heterocycles. The van der Waals surface area contributed by atoms with Crippen molar-refractivity contribution in [3.63, 3.8) is 0 Å². The molecule has 0 spiro atoms. The van der Waals surface area contributed by atoms with Gasteiger partial charge in [-0.2, -0.15) is 0 Å². The Labute approximate surface area is 155 Å². The van der Waals surface area contributed by atoms with Crippen LogP contribution in [0, 0.1) is 0 Å². The van der Waals surface area contributed by atoms with Gasteiger partial charge in [-0.05, 0) is 38.1 Å². The summed E-state index contributed by atoms with van der Waals surface area (Å²) in [5.41, 5.74) is 0.159. The molecule has 2 aromatic rings. The monoisotopic (exact) mass is 378 g/mol. The van der Waals surface area contributed by atoms with Gasteiger partial charge in [0.05, 0.1) is 16.4 Å². The molecule has 0 unspecified atom stereocenters. The second-order valence-electron chi connectivity index (χ2n) is 6.10. The van der Waals surface area contributed by atoms with E-state index in [9.17, 15) is 9.59 Å². The van der Waals surface area contributed by atoms with Gasteiger partial charge in [-0.3, -0.25) is 14.5 Å². The highest BCUT2D eigenvalue weighted by Crippen LogP contribution is 2.37. The van der Waals surface area contributed by atoms with Gasteiger partial charge >= 0.3 is 0 Å². The predicted molar refractivity (Wildman–Crippen MR) is 98.6 cm³/mol. The molecule has 0 radical (unpaired) electrons. The molecule has 2 aromatic carbocycles. The number of halogens is 2. The minimum absolute atomic E-state index is 0.244. The lowest BCUT2D eigenvalue weighted by Gasteiger charge is -2.41. The predicted octanol–water partition coefficient (Wildman–Crippen LogP) is 4.14. The third kappa shape index (κ3) is 3.17. The van der Waals surface area contributed by atoms with Crippen LogP contribution in [0.5, 0.6) is 5.75 Å². The van der Waals surface area contributed by atoms with Crippen LogP contribution in [0.25, 0.3) is 0 Å². The van der Waals surface area contributed by atoms with Crippen molar-refractivity contribution in [1.29, 1.82) is 0 Å². The molecule has 7 heteroatoms. The number of rotatable bonds is 3. The Kier molecular flexibility index (Phi) is 4.62. The van der Waals surface area contributed by atoms with Crippen LogP contribution in [0.15, 0.2) is 42.5 Å². The van der Waals surface area contributed by atoms with Crippen LogP contribution in [0.4, 0.5) is 11.4 Å². The summed E-state index contributed by atoms with van der Waals surface area (Å²) in [5, 5.41) is 3.40. The lowest BCUT2D eigenvalue weighted by atomic mass is 9.96. The first-order chi connectivity index (χ1) is 11.8. The maximum atomic E-state index is 12.8. The normalized spacial score (nSPS) is 15.4. The Morgan fingerprint density at radius 1 is 1.16 bits per heavy atom. The zero-order chi connectivity index (χ0) is 18.2. The minimum Gasteiger partial charge on any atom is -0.482 e. The van der Waals surface area contributed by atoms with E-state index < -0.39 is 5.54 Å². The van der Waals surface area contributed by atoms with Gasteiger partial charge in [0.25, 0.3) is 5.91 Å². The molecule has 1 aliphatic rings. The third-order valence-corrected chi connectivity index (χ3v) is 4.83. The second kappa shape index (κ2) is 6.58. The Morgan fingerprint density at radius 2 is 1.88 bits per heavy atom. The van der Waals surface area contributed by atoms with Gasteiger partial charge < -0.3 is 10.1 Å². The minimum atomic E-state index is -1.05. The number of carbonyl (C=O) groups is 2. The number of hydrogen-bond acceptors (Lipinski definition) is 3. The summed E-state index contributed by atoms with van der Waals surface area (Å²) in [6, 6.07) is 12.1. The molecule has 1 N–H and O–H groups in total. The number of nitrogens with one attached hydrogen (secondary N) is 1. The lowest BCUT2D eigenvalue weighted by molar-refractivity contribution is -0.127. The molecule has 1 aliphatic heterocycles. The lowest BCUT2D eigenvalue weighted by Crippen LogP contribution is -2.59. The zero-order valence-corrected chi connectivity index (χ0v) is 15.2. The first-order valence-corrected chi connectivity index (χ1v) is 8.38. The highest BCUT2D eigenvalue weighted by Gasteiger charge is 2.43. The Bertz CT molecular complexity index is 852. The van der Waals surface area contributed by atoms with E-state index in [-0.39, 0.29) is 23.4 Å². The van der Waals surface area contributed by atoms with Gasteiger partial charge in [-0.1, -0.05) is 41.4 Å². The van der Waals surface area contributed by atoms with Crippen molar-refractivity contribution in [2.24, 2.45) is 0 Å². The van der Waals surface area contributed by atoms with Gasteiger partial charge in [-0.25, -0.2) is 0 Å². The molecule has 0 saturated heterocycles. The van der Waals surface area contributed by atoms with E-state index in [0.717, 1.165) is 0 Å². The van der Waals surface area contributed by atoms with Gasteiger partial charge in [-0.15, -0.1) is 0 Å². The summed E-state index contributed by atoms with van der Waals surface area (Å²) in [4.78, 5) is 26.7. The Balaban J connectivity index is 1.87. The summed E-state index contributed by atoms with van der Waals surface area (Å²) in [6.07, 6.45) is 0. The number of fused-ring (bicyclic) bond motifs is 1. The van der Waals surface area contributed by atoms with E-state index >= 15 is 0 Å². The van der Waals surface area contributed by atoms with Gasteiger partial charge in [0.2, 0.25) is 5.91 Å². The molecular formula is C18H16Cl2N2O3. The number of benzene rings is 2. The van der Waals surface area contributed by atoms with E-state index in [1.807, 2.05) is 0 Å². The van der Waals surface area contributed by atoms with Crippen LogP contribution in [0.3, 0.4) is 0 Å². The van der Waals surface area contributed by atoms with E-state index in [1.54, 1.807) is 56.3 Å². The molecule has 0 saturated carbocycles. The van der Waals surface area contributed by atoms with Crippen LogP contribution in [-0.4, -0.2) is 24.0 Å². The van der Waals surface area contributed by atoms with Crippen molar-refractivity contribution in [2.75, 3.05) is 16.8 Å². The zero-order valence-electron chi connectivity index (χ0n) is 13.7. The van der Waals surface area contributed by atoms with Crippen molar-refractivity contribution in [3.8, 4) is 5.75 Å². The molecule has 130 valence electrons. The highest BCUT2D eigenvalue weighted by molar-refractivity contribution is 6.42. The average molecular weight is 379 g/mol. The second-order valence-corrected chi connectivity index (χ2v) is 6.89. The largest absolute Gasteiger partial charge is 0.482 e. The molecule has 5 nitrogen and oxygen atoms in total. The molecule has 0 fully saturated rings. The SMILES string of the molecule is CC1(C)C(=O)Nc2ccccc2N1C(=O)COc1cccc(Cl)c1Cl. The number of ether oxygens (including phenoxy) is 1. The smallest absolute Gasteiger partial charge is 0.265 e. The summed E-state index contributed by atoms with van der Waals surface area (Å²) < 4.78 is 5.54. The van der Waals surface area contributed by atoms with Crippen LogP contribution in [0.2, 0.25) is 10.0 Å². The van der Waals surface area contributed by atoms with Gasteiger partial charge in [0.1, 0.15) is 16.3 Å². The Morgan fingerprint density at radius 3 is 2.64 bits per heavy atom. The number of nitrogens with zero attached hydrogens (tertiary/aromatic N) is 1. The van der Waals surface area contributed by atoms with Crippen LogP contribution in [0.1, 0.15) is 13.8 Å². The first kappa shape index (κ1) is 17.6. The first-order valence-electron chi connectivity index (χ1n) is 7.62. The standard InChI is InChI=1S/C18H16Cl2N2O3/c1-18(2)17(24)21-12-7-3-4-8-13(12)22(18)15(23)10-25-14-9-5-6-11(19)16(14)20/h3-9H,10H2,1-2H3,(H,21,24). The number of anilines is 2. The molecule has 0 atom stereocenters. The van der Waals surface area contributed by atoms with Gasteiger partial charge in [0, 0.05) is 0 Å². The summed E-state index contributed by atoms with van der Waals surface area (Å²) in [6.45, 7) is 3.09.